The van der Waals surface area contributed by atoms with E-state index in [9.17, 15) is 9.59 Å². The molecular formula is C22H29N5O3. The summed E-state index contributed by atoms with van der Waals surface area (Å²) in [5.41, 5.74) is 0.243. The van der Waals surface area contributed by atoms with E-state index in [1.807, 2.05) is 31.4 Å². The average Bonchev–Trinajstić information content (AvgIpc) is 2.61. The molecular weight excluding hydrogens is 382 g/mol. The van der Waals surface area contributed by atoms with Crippen LogP contribution in [0.1, 0.15) is 52.9 Å². The van der Waals surface area contributed by atoms with Crippen molar-refractivity contribution in [2.24, 2.45) is 5.92 Å². The van der Waals surface area contributed by atoms with Crippen LogP contribution < -0.4 is 10.9 Å². The zero-order valence-corrected chi connectivity index (χ0v) is 17.9. The van der Waals surface area contributed by atoms with Gasteiger partial charge in [0.15, 0.2) is 0 Å². The van der Waals surface area contributed by atoms with Gasteiger partial charge < -0.3 is 15.0 Å². The lowest BCUT2D eigenvalue weighted by Gasteiger charge is -2.62. The Morgan fingerprint density at radius 2 is 1.90 bits per heavy atom. The molecule has 1 aliphatic heterocycles. The molecule has 4 fully saturated rings. The minimum atomic E-state index is -0.485. The number of anilines is 1. The maximum atomic E-state index is 12.6. The number of carbonyl (C=O) groups excluding carboxylic acids is 1. The van der Waals surface area contributed by atoms with Crippen molar-refractivity contribution < 1.29 is 9.53 Å². The number of hydrogen-bond acceptors (Lipinski definition) is 6. The molecule has 2 aromatic rings. The standard InChI is InChI=1S/C22H29N5O3/c1-21(2,3)30-20(29)26-8-6-16(7-9-26)24-19-23-13-15-4-5-17(28)27(18(15)25-19)22-10-14(11-22)12-22/h4-5,13-14,16H,6-12H2,1-3H3,(H,23,24,25). The maximum absolute atomic E-state index is 12.6. The van der Waals surface area contributed by atoms with Gasteiger partial charge in [0.1, 0.15) is 11.2 Å². The van der Waals surface area contributed by atoms with Crippen molar-refractivity contribution >= 4 is 23.1 Å². The zero-order valence-electron chi connectivity index (χ0n) is 17.9. The summed E-state index contributed by atoms with van der Waals surface area (Å²) in [7, 11) is 0. The molecule has 160 valence electrons. The van der Waals surface area contributed by atoms with Crippen molar-refractivity contribution in [2.75, 3.05) is 18.4 Å². The summed E-state index contributed by atoms with van der Waals surface area (Å²) in [5.74, 6) is 1.32. The van der Waals surface area contributed by atoms with E-state index in [2.05, 4.69) is 10.3 Å². The molecule has 2 bridgehead atoms. The number of likely N-dealkylation sites (tertiary alicyclic amines) is 1. The number of piperidine rings is 1. The zero-order chi connectivity index (χ0) is 21.1. The van der Waals surface area contributed by atoms with Gasteiger partial charge in [-0.15, -0.1) is 0 Å². The van der Waals surface area contributed by atoms with Gasteiger partial charge in [-0.2, -0.15) is 4.98 Å². The number of amides is 1. The molecule has 0 spiro atoms. The Morgan fingerprint density at radius 1 is 1.20 bits per heavy atom. The first kappa shape index (κ1) is 19.3. The molecule has 1 amide bonds. The largest absolute Gasteiger partial charge is 0.444 e. The topological polar surface area (TPSA) is 89.4 Å². The summed E-state index contributed by atoms with van der Waals surface area (Å²) in [5, 5.41) is 4.30. The van der Waals surface area contributed by atoms with Crippen molar-refractivity contribution in [3.63, 3.8) is 0 Å². The Labute approximate surface area is 175 Å². The van der Waals surface area contributed by atoms with Gasteiger partial charge in [-0.05, 0) is 64.9 Å². The molecule has 0 unspecified atom stereocenters. The van der Waals surface area contributed by atoms with Gasteiger partial charge in [-0.1, -0.05) is 0 Å². The number of nitrogens with one attached hydrogen (secondary N) is 1. The first-order valence-corrected chi connectivity index (χ1v) is 10.9. The molecule has 1 N–H and O–H groups in total. The number of rotatable bonds is 3. The van der Waals surface area contributed by atoms with Crippen LogP contribution in [-0.2, 0) is 10.3 Å². The molecule has 8 nitrogen and oxygen atoms in total. The summed E-state index contributed by atoms with van der Waals surface area (Å²) < 4.78 is 7.37. The number of nitrogens with zero attached hydrogens (tertiary/aromatic N) is 4. The van der Waals surface area contributed by atoms with Crippen LogP contribution in [-0.4, -0.2) is 50.3 Å². The van der Waals surface area contributed by atoms with Crippen molar-refractivity contribution in [1.29, 1.82) is 0 Å². The fourth-order valence-electron chi connectivity index (χ4n) is 4.97. The molecule has 3 aliphatic carbocycles. The van der Waals surface area contributed by atoms with E-state index in [4.69, 9.17) is 9.72 Å². The molecule has 2 aromatic heterocycles. The van der Waals surface area contributed by atoms with E-state index < -0.39 is 5.60 Å². The third-order valence-corrected chi connectivity index (χ3v) is 6.59. The Kier molecular flexibility index (Phi) is 4.31. The molecule has 0 aromatic carbocycles. The fourth-order valence-corrected chi connectivity index (χ4v) is 4.97. The van der Waals surface area contributed by atoms with Gasteiger partial charge in [0.05, 0.1) is 5.54 Å². The fraction of sp³-hybridized carbons (Fsp3) is 0.636. The highest BCUT2D eigenvalue weighted by Crippen LogP contribution is 2.62. The minimum absolute atomic E-state index is 0.0222. The Hall–Kier alpha value is -2.64. The quantitative estimate of drug-likeness (QED) is 0.835. The van der Waals surface area contributed by atoms with E-state index in [0.717, 1.165) is 49.1 Å². The smallest absolute Gasteiger partial charge is 0.410 e. The SMILES string of the molecule is CC(C)(C)OC(=O)N1CCC(Nc2ncc3ccc(=O)n(C45CC(C4)C5)c3n2)CC1. The van der Waals surface area contributed by atoms with Crippen LogP contribution in [0.3, 0.4) is 0 Å². The highest BCUT2D eigenvalue weighted by molar-refractivity contribution is 5.75. The summed E-state index contributed by atoms with van der Waals surface area (Å²) in [4.78, 5) is 35.8. The average molecular weight is 412 g/mol. The van der Waals surface area contributed by atoms with E-state index in [0.29, 0.717) is 19.0 Å². The highest BCUT2D eigenvalue weighted by atomic mass is 16.6. The van der Waals surface area contributed by atoms with Gasteiger partial charge in [0.25, 0.3) is 5.56 Å². The van der Waals surface area contributed by atoms with Crippen molar-refractivity contribution in [1.82, 2.24) is 19.4 Å². The second-order valence-electron chi connectivity index (χ2n) is 10.1. The predicted molar refractivity (Wildman–Crippen MR) is 114 cm³/mol. The van der Waals surface area contributed by atoms with Crippen LogP contribution in [0.15, 0.2) is 23.1 Å². The summed E-state index contributed by atoms with van der Waals surface area (Å²) in [6.45, 7) is 6.90. The molecule has 3 saturated carbocycles. The summed E-state index contributed by atoms with van der Waals surface area (Å²) in [6.07, 6.45) is 6.39. The lowest BCUT2D eigenvalue weighted by molar-refractivity contribution is -0.0883. The third-order valence-electron chi connectivity index (χ3n) is 6.59. The number of aromatic nitrogens is 3. The lowest BCUT2D eigenvalue weighted by atomic mass is 9.49. The molecule has 0 atom stereocenters. The first-order chi connectivity index (χ1) is 14.2. The number of fused-ring (bicyclic) bond motifs is 1. The molecule has 1 saturated heterocycles. The van der Waals surface area contributed by atoms with Gasteiger partial charge >= 0.3 is 6.09 Å². The van der Waals surface area contributed by atoms with Crippen LogP contribution in [0.5, 0.6) is 0 Å². The third kappa shape index (κ3) is 3.32. The summed E-state index contributed by atoms with van der Waals surface area (Å²) in [6, 6.07) is 3.62. The van der Waals surface area contributed by atoms with Crippen molar-refractivity contribution in [3.8, 4) is 0 Å². The predicted octanol–water partition coefficient (Wildman–Crippen LogP) is 3.11. The van der Waals surface area contributed by atoms with Gasteiger partial charge in [0.2, 0.25) is 5.95 Å². The summed E-state index contributed by atoms with van der Waals surface area (Å²) >= 11 is 0. The molecule has 3 heterocycles. The number of carbonyl (C=O) groups is 1. The number of ether oxygens (including phenoxy) is 1. The van der Waals surface area contributed by atoms with Crippen molar-refractivity contribution in [2.45, 2.75) is 70.1 Å². The van der Waals surface area contributed by atoms with Crippen LogP contribution in [0.4, 0.5) is 10.7 Å². The minimum Gasteiger partial charge on any atom is -0.444 e. The first-order valence-electron chi connectivity index (χ1n) is 10.9. The van der Waals surface area contributed by atoms with Crippen LogP contribution in [0.2, 0.25) is 0 Å². The number of hydrogen-bond donors (Lipinski definition) is 1. The molecule has 4 aliphatic rings. The molecule has 8 heteroatoms. The maximum Gasteiger partial charge on any atom is 0.410 e. The van der Waals surface area contributed by atoms with Crippen LogP contribution in [0.25, 0.3) is 11.0 Å². The lowest BCUT2D eigenvalue weighted by Crippen LogP contribution is -2.62. The van der Waals surface area contributed by atoms with Gasteiger partial charge in [-0.3, -0.25) is 9.36 Å². The number of pyridine rings is 1. The monoisotopic (exact) mass is 411 g/mol. The van der Waals surface area contributed by atoms with Crippen LogP contribution in [0, 0.1) is 5.92 Å². The van der Waals surface area contributed by atoms with Crippen molar-refractivity contribution in [3.05, 3.63) is 28.7 Å². The van der Waals surface area contributed by atoms with E-state index >= 15 is 0 Å². The molecule has 0 radical (unpaired) electrons. The van der Waals surface area contributed by atoms with E-state index in [1.54, 1.807) is 17.2 Å². The molecule has 30 heavy (non-hydrogen) atoms. The van der Waals surface area contributed by atoms with E-state index in [1.165, 1.54) is 0 Å². The normalized spacial score (nSPS) is 26.1. The Morgan fingerprint density at radius 3 is 2.50 bits per heavy atom. The second-order valence-corrected chi connectivity index (χ2v) is 10.1. The van der Waals surface area contributed by atoms with Gasteiger partial charge in [-0.25, -0.2) is 9.78 Å². The second kappa shape index (κ2) is 6.68. The Balaban J connectivity index is 1.29. The highest BCUT2D eigenvalue weighted by Gasteiger charge is 2.58. The molecule has 6 rings (SSSR count). The Bertz CT molecular complexity index is 1030. The van der Waals surface area contributed by atoms with E-state index in [-0.39, 0.29) is 23.2 Å². The van der Waals surface area contributed by atoms with Crippen LogP contribution >= 0.6 is 0 Å². The van der Waals surface area contributed by atoms with Gasteiger partial charge in [0, 0.05) is 36.8 Å².